The number of carbonyl (C=O) groups is 3. The highest BCUT2D eigenvalue weighted by atomic mass is 16.6. The van der Waals surface area contributed by atoms with E-state index < -0.39 is 6.10 Å². The second-order valence-corrected chi connectivity index (χ2v) is 12.5. The van der Waals surface area contributed by atoms with Gasteiger partial charge in [0.25, 0.3) is 0 Å². The normalized spacial score (nSPS) is 11.8. The van der Waals surface area contributed by atoms with E-state index in [9.17, 15) is 14.4 Å². The van der Waals surface area contributed by atoms with Crippen molar-refractivity contribution in [1.82, 2.24) is 0 Å². The zero-order valence-electron chi connectivity index (χ0n) is 28.7. The predicted molar refractivity (Wildman–Crippen MR) is 178 cm³/mol. The number of hydrogen-bond acceptors (Lipinski definition) is 6. The number of hydrogen-bond donors (Lipinski definition) is 0. The Labute approximate surface area is 266 Å². The highest BCUT2D eigenvalue weighted by Crippen LogP contribution is 2.14. The molecule has 6 heteroatoms. The second-order valence-electron chi connectivity index (χ2n) is 12.5. The fraction of sp³-hybridized carbons (Fsp3) is 0.919. The minimum Gasteiger partial charge on any atom is -0.462 e. The Bertz CT molecular complexity index is 635. The Hall–Kier alpha value is -1.59. The van der Waals surface area contributed by atoms with Gasteiger partial charge in [0.05, 0.1) is 0 Å². The van der Waals surface area contributed by atoms with Gasteiger partial charge in [0, 0.05) is 19.3 Å². The molecule has 0 unspecified atom stereocenters. The molecule has 0 rings (SSSR count). The van der Waals surface area contributed by atoms with Crippen molar-refractivity contribution in [1.29, 1.82) is 0 Å². The lowest BCUT2D eigenvalue weighted by atomic mass is 10.0. The number of carbonyl (C=O) groups excluding carboxylic acids is 3. The molecule has 0 fully saturated rings. The van der Waals surface area contributed by atoms with Crippen molar-refractivity contribution in [3.63, 3.8) is 0 Å². The first kappa shape index (κ1) is 41.4. The largest absolute Gasteiger partial charge is 0.462 e. The van der Waals surface area contributed by atoms with E-state index >= 15 is 0 Å². The van der Waals surface area contributed by atoms with Gasteiger partial charge in [-0.1, -0.05) is 162 Å². The van der Waals surface area contributed by atoms with Crippen molar-refractivity contribution in [3.8, 4) is 0 Å². The lowest BCUT2D eigenvalue weighted by molar-refractivity contribution is -0.167. The van der Waals surface area contributed by atoms with Crippen LogP contribution < -0.4 is 0 Å². The molecule has 0 amide bonds. The van der Waals surface area contributed by atoms with Gasteiger partial charge in [0.2, 0.25) is 0 Å². The molecule has 0 aliphatic rings. The molecule has 0 aliphatic carbocycles. The molecule has 0 aromatic rings. The van der Waals surface area contributed by atoms with Crippen molar-refractivity contribution in [2.45, 2.75) is 207 Å². The quantitative estimate of drug-likeness (QED) is 0.0418. The molecule has 0 bridgehead atoms. The number of rotatable bonds is 33. The van der Waals surface area contributed by atoms with Gasteiger partial charge in [-0.05, 0) is 19.3 Å². The first-order valence-electron chi connectivity index (χ1n) is 18.5. The highest BCUT2D eigenvalue weighted by Gasteiger charge is 2.19. The number of unbranched alkanes of at least 4 members (excludes halogenated alkanes) is 22. The summed E-state index contributed by atoms with van der Waals surface area (Å²) in [5, 5.41) is 0. The maximum atomic E-state index is 12.4. The van der Waals surface area contributed by atoms with Crippen molar-refractivity contribution >= 4 is 17.9 Å². The molecule has 0 saturated heterocycles. The second kappa shape index (κ2) is 33.3. The van der Waals surface area contributed by atoms with Crippen LogP contribution >= 0.6 is 0 Å². The maximum absolute atomic E-state index is 12.4. The van der Waals surface area contributed by atoms with Crippen LogP contribution in [-0.4, -0.2) is 37.2 Å². The molecule has 0 aliphatic heterocycles. The molecule has 0 spiro atoms. The smallest absolute Gasteiger partial charge is 0.306 e. The summed E-state index contributed by atoms with van der Waals surface area (Å²) in [6.07, 6.45) is 30.0. The van der Waals surface area contributed by atoms with Crippen LogP contribution in [0.15, 0.2) is 0 Å². The first-order chi connectivity index (χ1) is 21.0. The fourth-order valence-electron chi connectivity index (χ4n) is 5.26. The van der Waals surface area contributed by atoms with Crippen LogP contribution in [0.5, 0.6) is 0 Å². The summed E-state index contributed by atoms with van der Waals surface area (Å²) in [7, 11) is 0. The van der Waals surface area contributed by atoms with Gasteiger partial charge in [-0.2, -0.15) is 0 Å². The maximum Gasteiger partial charge on any atom is 0.306 e. The van der Waals surface area contributed by atoms with Crippen molar-refractivity contribution in [2.24, 2.45) is 0 Å². The minimum absolute atomic E-state index is 0.0665. The van der Waals surface area contributed by atoms with Gasteiger partial charge >= 0.3 is 17.9 Å². The molecular formula is C37H70O6. The number of ether oxygens (including phenoxy) is 3. The molecule has 6 nitrogen and oxygen atoms in total. The molecule has 0 saturated carbocycles. The van der Waals surface area contributed by atoms with Crippen LogP contribution in [0.4, 0.5) is 0 Å². The molecule has 1 atom stereocenters. The van der Waals surface area contributed by atoms with Gasteiger partial charge in [-0.25, -0.2) is 0 Å². The molecule has 0 aromatic carbocycles. The van der Waals surface area contributed by atoms with Crippen LogP contribution in [0.25, 0.3) is 0 Å². The Morgan fingerprint density at radius 2 is 0.628 bits per heavy atom. The summed E-state index contributed by atoms with van der Waals surface area (Å²) in [5.41, 5.74) is 0. The van der Waals surface area contributed by atoms with E-state index in [1.807, 2.05) is 0 Å². The Morgan fingerprint density at radius 1 is 0.372 bits per heavy atom. The Kier molecular flexibility index (Phi) is 32.1. The van der Waals surface area contributed by atoms with Crippen LogP contribution in [0.3, 0.4) is 0 Å². The molecule has 0 heterocycles. The number of esters is 3. The van der Waals surface area contributed by atoms with E-state index in [0.717, 1.165) is 70.6 Å². The van der Waals surface area contributed by atoms with Gasteiger partial charge in [-0.3, -0.25) is 14.4 Å². The summed E-state index contributed by atoms with van der Waals surface area (Å²) in [6, 6.07) is 0. The van der Waals surface area contributed by atoms with Gasteiger partial charge < -0.3 is 14.2 Å². The average molecular weight is 611 g/mol. The SMILES string of the molecule is CCCCCCCCCCCCCCCCCC(=O)OC[C@@H](COC(=O)CCCCCCC)OC(=O)CCCCCCC. The minimum atomic E-state index is -0.753. The van der Waals surface area contributed by atoms with E-state index in [-0.39, 0.29) is 31.1 Å². The molecular weight excluding hydrogens is 540 g/mol. The molecule has 43 heavy (non-hydrogen) atoms. The van der Waals surface area contributed by atoms with E-state index in [4.69, 9.17) is 14.2 Å². The predicted octanol–water partition coefficient (Wildman–Crippen LogP) is 11.0. The third-order valence-corrected chi connectivity index (χ3v) is 8.11. The van der Waals surface area contributed by atoms with Gasteiger partial charge in [0.15, 0.2) is 6.10 Å². The molecule has 0 N–H and O–H groups in total. The summed E-state index contributed by atoms with van der Waals surface area (Å²) >= 11 is 0. The van der Waals surface area contributed by atoms with E-state index in [2.05, 4.69) is 20.8 Å². The standard InChI is InChI=1S/C37H70O6/c1-4-7-10-13-14-15-16-17-18-19-20-21-22-25-27-30-36(39)42-33-34(43-37(40)31-28-24-12-9-6-3)32-41-35(38)29-26-23-11-8-5-2/h34H,4-33H2,1-3H3/t34-/m1/s1. The first-order valence-corrected chi connectivity index (χ1v) is 18.5. The van der Waals surface area contributed by atoms with Crippen LogP contribution in [0.2, 0.25) is 0 Å². The zero-order valence-corrected chi connectivity index (χ0v) is 28.7. The van der Waals surface area contributed by atoms with Crippen molar-refractivity contribution in [3.05, 3.63) is 0 Å². The summed E-state index contributed by atoms with van der Waals surface area (Å²) in [4.78, 5) is 36.9. The molecule has 254 valence electrons. The average Bonchev–Trinajstić information content (AvgIpc) is 3.00. The summed E-state index contributed by atoms with van der Waals surface area (Å²) < 4.78 is 16.4. The third kappa shape index (κ3) is 31.6. The van der Waals surface area contributed by atoms with Crippen LogP contribution in [0.1, 0.15) is 201 Å². The monoisotopic (exact) mass is 611 g/mol. The summed E-state index contributed by atoms with van der Waals surface area (Å²) in [6.45, 7) is 6.45. The molecule has 0 aromatic heterocycles. The zero-order chi connectivity index (χ0) is 31.6. The van der Waals surface area contributed by atoms with Gasteiger partial charge in [-0.15, -0.1) is 0 Å². The molecule has 0 radical (unpaired) electrons. The fourth-order valence-corrected chi connectivity index (χ4v) is 5.26. The van der Waals surface area contributed by atoms with Gasteiger partial charge in [0.1, 0.15) is 13.2 Å². The van der Waals surface area contributed by atoms with Crippen molar-refractivity contribution < 1.29 is 28.6 Å². The van der Waals surface area contributed by atoms with E-state index in [0.29, 0.717) is 19.3 Å². The Balaban J connectivity index is 4.10. The van der Waals surface area contributed by atoms with E-state index in [1.54, 1.807) is 0 Å². The topological polar surface area (TPSA) is 78.9 Å². The van der Waals surface area contributed by atoms with Crippen LogP contribution in [0, 0.1) is 0 Å². The lowest BCUT2D eigenvalue weighted by Crippen LogP contribution is -2.30. The van der Waals surface area contributed by atoms with Crippen molar-refractivity contribution in [2.75, 3.05) is 13.2 Å². The lowest BCUT2D eigenvalue weighted by Gasteiger charge is -2.18. The van der Waals surface area contributed by atoms with E-state index in [1.165, 1.54) is 89.9 Å². The third-order valence-electron chi connectivity index (χ3n) is 8.11. The summed E-state index contributed by atoms with van der Waals surface area (Å²) in [5.74, 6) is -0.894. The van der Waals surface area contributed by atoms with Crippen LogP contribution in [-0.2, 0) is 28.6 Å². The highest BCUT2D eigenvalue weighted by molar-refractivity contribution is 5.71. The Morgan fingerprint density at radius 3 is 0.930 bits per heavy atom.